The molecular formula is C12H12ClNO. The highest BCUT2D eigenvalue weighted by Gasteiger charge is 2.29. The van der Waals surface area contributed by atoms with Gasteiger partial charge in [0, 0.05) is 5.02 Å². The summed E-state index contributed by atoms with van der Waals surface area (Å²) in [6.07, 6.45) is 4.29. The molecule has 0 saturated carbocycles. The lowest BCUT2D eigenvalue weighted by Crippen LogP contribution is -2.30. The Hall–Kier alpha value is -1.11. The molecule has 0 bridgehead atoms. The first-order valence-electron chi connectivity index (χ1n) is 4.99. The van der Waals surface area contributed by atoms with Gasteiger partial charge in [-0.2, -0.15) is 4.99 Å². The minimum atomic E-state index is -0.292. The molecule has 1 aromatic rings. The molecular weight excluding hydrogens is 210 g/mol. The van der Waals surface area contributed by atoms with Gasteiger partial charge in [-0.15, -0.1) is 0 Å². The smallest absolute Gasteiger partial charge is 0.211 e. The van der Waals surface area contributed by atoms with Crippen molar-refractivity contribution in [2.45, 2.75) is 31.7 Å². The van der Waals surface area contributed by atoms with Crippen molar-refractivity contribution in [3.8, 4) is 0 Å². The third kappa shape index (κ3) is 2.11. The Labute approximate surface area is 94.0 Å². The summed E-state index contributed by atoms with van der Waals surface area (Å²) in [5.41, 5.74) is 2.23. The molecule has 1 aliphatic rings. The molecule has 0 aromatic heterocycles. The van der Waals surface area contributed by atoms with Crippen molar-refractivity contribution in [3.05, 3.63) is 34.3 Å². The van der Waals surface area contributed by atoms with Crippen LogP contribution in [0.15, 0.2) is 23.2 Å². The van der Waals surface area contributed by atoms with Crippen LogP contribution in [-0.2, 0) is 17.6 Å². The molecule has 15 heavy (non-hydrogen) atoms. The van der Waals surface area contributed by atoms with E-state index in [1.807, 2.05) is 19.1 Å². The van der Waals surface area contributed by atoms with Crippen LogP contribution in [-0.4, -0.2) is 11.6 Å². The second kappa shape index (κ2) is 3.80. The molecule has 1 atom stereocenters. The van der Waals surface area contributed by atoms with Gasteiger partial charge in [0.2, 0.25) is 6.08 Å². The van der Waals surface area contributed by atoms with E-state index in [9.17, 15) is 4.79 Å². The Morgan fingerprint density at radius 3 is 3.00 bits per heavy atom. The number of hydrogen-bond acceptors (Lipinski definition) is 2. The van der Waals surface area contributed by atoms with Crippen LogP contribution in [0.5, 0.6) is 0 Å². The summed E-state index contributed by atoms with van der Waals surface area (Å²) in [6, 6.07) is 5.93. The van der Waals surface area contributed by atoms with Crippen molar-refractivity contribution < 1.29 is 4.79 Å². The molecule has 78 valence electrons. The van der Waals surface area contributed by atoms with E-state index in [0.29, 0.717) is 0 Å². The number of hydrogen-bond donors (Lipinski definition) is 0. The molecule has 1 aliphatic carbocycles. The lowest BCUT2D eigenvalue weighted by Gasteiger charge is -2.29. The van der Waals surface area contributed by atoms with Gasteiger partial charge in [-0.1, -0.05) is 17.7 Å². The molecule has 0 aliphatic heterocycles. The van der Waals surface area contributed by atoms with Gasteiger partial charge in [0.1, 0.15) is 0 Å². The molecule has 2 rings (SSSR count). The minimum Gasteiger partial charge on any atom is -0.211 e. The van der Waals surface area contributed by atoms with Gasteiger partial charge in [-0.05, 0) is 49.4 Å². The van der Waals surface area contributed by atoms with Crippen molar-refractivity contribution in [1.82, 2.24) is 0 Å². The summed E-state index contributed by atoms with van der Waals surface area (Å²) in [6.45, 7) is 1.99. The lowest BCUT2D eigenvalue weighted by molar-refractivity contribution is 0.408. The third-order valence-corrected chi connectivity index (χ3v) is 3.22. The number of isocyanates is 1. The van der Waals surface area contributed by atoms with E-state index in [2.05, 4.69) is 11.1 Å². The van der Waals surface area contributed by atoms with Crippen molar-refractivity contribution in [3.63, 3.8) is 0 Å². The summed E-state index contributed by atoms with van der Waals surface area (Å²) in [5.74, 6) is 0. The number of aliphatic imine (C=N–C) groups is 1. The molecule has 2 nitrogen and oxygen atoms in total. The fourth-order valence-electron chi connectivity index (χ4n) is 2.11. The van der Waals surface area contributed by atoms with Crippen LogP contribution >= 0.6 is 11.6 Å². The summed E-state index contributed by atoms with van der Waals surface area (Å²) in [4.78, 5) is 14.2. The van der Waals surface area contributed by atoms with Gasteiger partial charge in [-0.25, -0.2) is 4.79 Å². The Bertz CT molecular complexity index is 437. The molecule has 3 heteroatoms. The number of halogens is 1. The van der Waals surface area contributed by atoms with Crippen LogP contribution in [0.25, 0.3) is 0 Å². The van der Waals surface area contributed by atoms with E-state index in [1.54, 1.807) is 6.08 Å². The predicted octanol–water partition coefficient (Wildman–Crippen LogP) is 2.92. The molecule has 1 aromatic carbocycles. The summed E-state index contributed by atoms with van der Waals surface area (Å²) >= 11 is 5.94. The molecule has 1 unspecified atom stereocenters. The summed E-state index contributed by atoms with van der Waals surface area (Å²) in [5, 5.41) is 0.744. The van der Waals surface area contributed by atoms with Crippen LogP contribution in [0.1, 0.15) is 24.5 Å². The van der Waals surface area contributed by atoms with Crippen LogP contribution in [0.3, 0.4) is 0 Å². The maximum atomic E-state index is 10.3. The second-order valence-electron chi connectivity index (χ2n) is 4.29. The highest BCUT2D eigenvalue weighted by atomic mass is 35.5. The van der Waals surface area contributed by atoms with Gasteiger partial charge in [0.05, 0.1) is 5.54 Å². The van der Waals surface area contributed by atoms with Gasteiger partial charge < -0.3 is 0 Å². The molecule has 0 amide bonds. The van der Waals surface area contributed by atoms with E-state index in [1.165, 1.54) is 11.1 Å². The number of benzene rings is 1. The molecule has 0 fully saturated rings. The largest absolute Gasteiger partial charge is 0.235 e. The SMILES string of the molecule is CC1(N=C=O)CCc2ccc(Cl)cc2C1. The van der Waals surface area contributed by atoms with E-state index in [-0.39, 0.29) is 5.54 Å². The van der Waals surface area contributed by atoms with Crippen molar-refractivity contribution >= 4 is 17.7 Å². The van der Waals surface area contributed by atoms with E-state index < -0.39 is 0 Å². The zero-order valence-corrected chi connectivity index (χ0v) is 9.34. The molecule has 0 N–H and O–H groups in total. The Morgan fingerprint density at radius 1 is 1.47 bits per heavy atom. The number of carbonyl (C=O) groups excluding carboxylic acids is 1. The monoisotopic (exact) mass is 221 g/mol. The van der Waals surface area contributed by atoms with Crippen molar-refractivity contribution in [1.29, 1.82) is 0 Å². The van der Waals surface area contributed by atoms with Gasteiger partial charge >= 0.3 is 0 Å². The molecule has 0 heterocycles. The van der Waals surface area contributed by atoms with Crippen LogP contribution in [0, 0.1) is 0 Å². The zero-order valence-electron chi connectivity index (χ0n) is 8.59. The average molecular weight is 222 g/mol. The van der Waals surface area contributed by atoms with E-state index >= 15 is 0 Å². The first-order chi connectivity index (χ1) is 7.13. The average Bonchev–Trinajstić information content (AvgIpc) is 2.17. The Morgan fingerprint density at radius 2 is 2.27 bits per heavy atom. The predicted molar refractivity (Wildman–Crippen MR) is 60.0 cm³/mol. The van der Waals surface area contributed by atoms with Crippen molar-refractivity contribution in [2.24, 2.45) is 4.99 Å². The highest BCUT2D eigenvalue weighted by molar-refractivity contribution is 6.30. The quantitative estimate of drug-likeness (QED) is 0.530. The first kappa shape index (κ1) is 10.4. The summed E-state index contributed by atoms with van der Waals surface area (Å²) in [7, 11) is 0. The topological polar surface area (TPSA) is 29.4 Å². The van der Waals surface area contributed by atoms with Crippen LogP contribution in [0.2, 0.25) is 5.02 Å². The highest BCUT2D eigenvalue weighted by Crippen LogP contribution is 2.32. The maximum absolute atomic E-state index is 10.3. The third-order valence-electron chi connectivity index (χ3n) is 2.99. The van der Waals surface area contributed by atoms with Crippen molar-refractivity contribution in [2.75, 3.05) is 0 Å². The standard InChI is InChI=1S/C12H12ClNO/c1-12(14-8-15)5-4-9-2-3-11(13)6-10(9)7-12/h2-3,6H,4-5,7H2,1H3. The number of nitrogens with zero attached hydrogens (tertiary/aromatic N) is 1. The second-order valence-corrected chi connectivity index (χ2v) is 4.73. The van der Waals surface area contributed by atoms with E-state index in [0.717, 1.165) is 24.3 Å². The Balaban J connectivity index is 2.36. The first-order valence-corrected chi connectivity index (χ1v) is 5.37. The summed E-state index contributed by atoms with van der Waals surface area (Å²) < 4.78 is 0. The normalized spacial score (nSPS) is 24.1. The molecule has 0 saturated heterocycles. The van der Waals surface area contributed by atoms with Gasteiger partial charge in [0.15, 0.2) is 0 Å². The van der Waals surface area contributed by atoms with Crippen LogP contribution in [0.4, 0.5) is 0 Å². The fourth-order valence-corrected chi connectivity index (χ4v) is 2.31. The number of fused-ring (bicyclic) bond motifs is 1. The van der Waals surface area contributed by atoms with Gasteiger partial charge in [-0.3, -0.25) is 0 Å². The van der Waals surface area contributed by atoms with E-state index in [4.69, 9.17) is 11.6 Å². The molecule has 0 radical (unpaired) electrons. The zero-order chi connectivity index (χ0) is 10.9. The lowest BCUT2D eigenvalue weighted by atomic mass is 9.80. The maximum Gasteiger partial charge on any atom is 0.235 e. The molecule has 0 spiro atoms. The number of rotatable bonds is 1. The Kier molecular flexibility index (Phi) is 2.64. The van der Waals surface area contributed by atoms with Gasteiger partial charge in [0.25, 0.3) is 0 Å². The fraction of sp³-hybridized carbons (Fsp3) is 0.417. The van der Waals surface area contributed by atoms with Crippen LogP contribution < -0.4 is 0 Å². The minimum absolute atomic E-state index is 0.292. The number of aryl methyl sites for hydroxylation is 1.